The first-order valence-corrected chi connectivity index (χ1v) is 36.9. The number of carbonyl (C=O) groups is 2. The predicted molar refractivity (Wildman–Crippen MR) is 278 cm³/mol. The molecule has 68 heavy (non-hydrogen) atoms. The number of aliphatic hydroxyl groups excluding tert-OH is 5. The van der Waals surface area contributed by atoms with E-state index < -0.39 is 39.4 Å². The minimum atomic E-state index is -1.82. The molecule has 1 heterocycles. The number of rotatable bonds is 42. The van der Waals surface area contributed by atoms with Crippen LogP contribution in [0, 0.1) is 0 Å². The third kappa shape index (κ3) is 45.8. The molecule has 404 valence electrons. The van der Waals surface area contributed by atoms with Crippen LogP contribution in [0.25, 0.3) is 0 Å². The first-order chi connectivity index (χ1) is 31.9. The van der Waals surface area contributed by atoms with Crippen LogP contribution in [0.2, 0.25) is 76.6 Å². The maximum absolute atomic E-state index is 11.3. The summed E-state index contributed by atoms with van der Waals surface area (Å²) < 4.78 is 50.8. The van der Waals surface area contributed by atoms with Crippen molar-refractivity contribution in [1.29, 1.82) is 0 Å². The Kier molecular flexibility index (Phi) is 41.7. The van der Waals surface area contributed by atoms with Crippen molar-refractivity contribution < 1.29 is 76.5 Å². The number of aliphatic hydroxyl groups is 5. The fraction of sp³-hybridized carbons (Fsp3) is 0.870. The fourth-order valence-corrected chi connectivity index (χ4v) is 24.3. The summed E-state index contributed by atoms with van der Waals surface area (Å²) in [6.07, 6.45) is 3.54. The van der Waals surface area contributed by atoms with Crippen LogP contribution >= 0.6 is 0 Å². The smallest absolute Gasteiger partial charge is 0.333 e. The third-order valence-electron chi connectivity index (χ3n) is 9.89. The standard InChI is InChI=1S/C23H49NO8Si2.C19H38O6Si2.C4H11NO2/c1-21(2)23(28)31-16-15-29-13-7-17-33(3,4)32-34(5,6)18-8-14-30-20-22(27)19-24(9-11-25)10-12-26;1-17(2)19(20)23-12-11-21-9-7-13-26(3,4)25-27(5,6)14-8-10-22-15-18-16-24-18;6-3-1-5-2-4-7/h22,25-27H,1,7-20H2,2-6H3;18H,1,7-16H2,2-6H3;5-7H,1-4H2. The van der Waals surface area contributed by atoms with Crippen LogP contribution in [-0.4, -0.2) is 220 Å². The molecular formula is C46H98N2O16Si4. The molecule has 0 spiro atoms. The first kappa shape index (κ1) is 68.8. The van der Waals surface area contributed by atoms with E-state index in [1.54, 1.807) is 13.8 Å². The normalized spacial score (nSPS) is 14.4. The van der Waals surface area contributed by atoms with Gasteiger partial charge in [0.2, 0.25) is 0 Å². The van der Waals surface area contributed by atoms with Crippen LogP contribution in [0.3, 0.4) is 0 Å². The SMILES string of the molecule is C=C(C)C(=O)OCCOCCC[Si](C)(C)O[Si](C)(C)CCCOCC(O)CN(CCO)CCO.C=C(C)C(=O)OCCOCCC[Si](C)(C)O[Si](C)(C)CCCOCC1CO1.OCCNCCO. The van der Waals surface area contributed by atoms with Crippen LogP contribution in [-0.2, 0) is 51.0 Å². The topological polar surface area (TPSA) is 237 Å². The highest BCUT2D eigenvalue weighted by atomic mass is 28.4. The zero-order valence-corrected chi connectivity index (χ0v) is 48.0. The maximum atomic E-state index is 11.3. The van der Waals surface area contributed by atoms with Gasteiger partial charge in [0.05, 0.1) is 65.6 Å². The second-order valence-corrected chi connectivity index (χ2v) is 37.1. The van der Waals surface area contributed by atoms with Gasteiger partial charge in [0.25, 0.3) is 0 Å². The van der Waals surface area contributed by atoms with E-state index in [-0.39, 0.29) is 58.2 Å². The van der Waals surface area contributed by atoms with E-state index in [0.29, 0.717) is 83.0 Å². The Labute approximate surface area is 414 Å². The van der Waals surface area contributed by atoms with Crippen molar-refractivity contribution in [2.75, 3.05) is 132 Å². The highest BCUT2D eigenvalue weighted by molar-refractivity contribution is 6.85. The second kappa shape index (κ2) is 41.2. The van der Waals surface area contributed by atoms with E-state index in [0.717, 1.165) is 69.7 Å². The number of ether oxygens (including phenoxy) is 7. The lowest BCUT2D eigenvalue weighted by molar-refractivity contribution is -0.141. The lowest BCUT2D eigenvalue weighted by Gasteiger charge is -2.34. The lowest BCUT2D eigenvalue weighted by Crippen LogP contribution is -2.44. The quantitative estimate of drug-likeness (QED) is 0.0164. The maximum Gasteiger partial charge on any atom is 0.333 e. The molecule has 1 fully saturated rings. The highest BCUT2D eigenvalue weighted by Crippen LogP contribution is 2.25. The number of hydrogen-bond donors (Lipinski definition) is 6. The molecule has 2 unspecified atom stereocenters. The Morgan fingerprint density at radius 2 is 0.971 bits per heavy atom. The molecule has 0 amide bonds. The number of hydrogen-bond acceptors (Lipinski definition) is 18. The summed E-state index contributed by atoms with van der Waals surface area (Å²) in [5, 5.41) is 47.3. The molecule has 1 rings (SSSR count). The van der Waals surface area contributed by atoms with Crippen molar-refractivity contribution >= 4 is 45.2 Å². The summed E-state index contributed by atoms with van der Waals surface area (Å²) in [4.78, 5) is 24.4. The number of esters is 2. The van der Waals surface area contributed by atoms with Crippen molar-refractivity contribution in [3.63, 3.8) is 0 Å². The van der Waals surface area contributed by atoms with Crippen LogP contribution in [0.15, 0.2) is 24.3 Å². The van der Waals surface area contributed by atoms with Crippen molar-refractivity contribution in [3.05, 3.63) is 24.3 Å². The van der Waals surface area contributed by atoms with Gasteiger partial charge in [0.15, 0.2) is 33.3 Å². The van der Waals surface area contributed by atoms with E-state index in [1.807, 2.05) is 4.90 Å². The van der Waals surface area contributed by atoms with Crippen LogP contribution in [0.1, 0.15) is 39.5 Å². The van der Waals surface area contributed by atoms with Crippen LogP contribution in [0.5, 0.6) is 0 Å². The molecule has 0 aromatic heterocycles. The van der Waals surface area contributed by atoms with Gasteiger partial charge in [-0.15, -0.1) is 0 Å². The molecule has 1 aliphatic rings. The van der Waals surface area contributed by atoms with Crippen molar-refractivity contribution in [2.45, 2.75) is 128 Å². The average Bonchev–Trinajstić information content (AvgIpc) is 4.07. The molecule has 0 aromatic carbocycles. The number of nitrogens with one attached hydrogen (secondary N) is 1. The van der Waals surface area contributed by atoms with E-state index >= 15 is 0 Å². The average molecular weight is 1050 g/mol. The van der Waals surface area contributed by atoms with E-state index in [9.17, 15) is 14.7 Å². The molecule has 22 heteroatoms. The zero-order valence-electron chi connectivity index (χ0n) is 44.0. The lowest BCUT2D eigenvalue weighted by atomic mass is 10.3. The van der Waals surface area contributed by atoms with Gasteiger partial charge in [-0.05, 0) is 116 Å². The summed E-state index contributed by atoms with van der Waals surface area (Å²) in [7, 11) is -6.98. The van der Waals surface area contributed by atoms with Gasteiger partial charge >= 0.3 is 11.9 Å². The Hall–Kier alpha value is -1.27. The number of nitrogens with zero attached hydrogens (tertiary/aromatic N) is 1. The molecule has 0 radical (unpaired) electrons. The summed E-state index contributed by atoms with van der Waals surface area (Å²) in [5.41, 5.74) is 0.802. The van der Waals surface area contributed by atoms with Crippen LogP contribution < -0.4 is 5.32 Å². The first-order valence-electron chi connectivity index (χ1n) is 24.5. The molecule has 0 bridgehead atoms. The molecule has 0 aliphatic carbocycles. The van der Waals surface area contributed by atoms with Gasteiger partial charge in [0.1, 0.15) is 19.3 Å². The zero-order chi connectivity index (χ0) is 51.9. The van der Waals surface area contributed by atoms with Crippen molar-refractivity contribution in [1.82, 2.24) is 10.2 Å². The number of carbonyl (C=O) groups excluding carboxylic acids is 2. The molecule has 0 aromatic rings. The van der Waals surface area contributed by atoms with Gasteiger partial charge < -0.3 is 72.2 Å². The van der Waals surface area contributed by atoms with Gasteiger partial charge in [-0.2, -0.15) is 0 Å². The molecule has 1 saturated heterocycles. The Morgan fingerprint density at radius 1 is 0.603 bits per heavy atom. The molecule has 6 N–H and O–H groups in total. The minimum absolute atomic E-state index is 0.00700. The summed E-state index contributed by atoms with van der Waals surface area (Å²) >= 11 is 0. The fourth-order valence-electron chi connectivity index (χ4n) is 6.75. The van der Waals surface area contributed by atoms with Crippen molar-refractivity contribution in [3.8, 4) is 0 Å². The number of epoxide rings is 1. The second-order valence-electron chi connectivity index (χ2n) is 19.4. The molecular weight excluding hydrogens is 949 g/mol. The highest BCUT2D eigenvalue weighted by Gasteiger charge is 2.33. The monoisotopic (exact) mass is 1050 g/mol. The largest absolute Gasteiger partial charge is 0.460 e. The Morgan fingerprint density at radius 3 is 1.31 bits per heavy atom. The van der Waals surface area contributed by atoms with Gasteiger partial charge in [-0.25, -0.2) is 9.59 Å². The van der Waals surface area contributed by atoms with E-state index in [2.05, 4.69) is 70.9 Å². The Balaban J connectivity index is 0. The van der Waals surface area contributed by atoms with E-state index in [1.165, 1.54) is 0 Å². The summed E-state index contributed by atoms with van der Waals surface area (Å²) in [5.74, 6) is -0.749. The molecule has 2 atom stereocenters. The molecule has 0 saturated carbocycles. The van der Waals surface area contributed by atoms with Gasteiger partial charge in [0, 0.05) is 70.3 Å². The third-order valence-corrected chi connectivity index (χ3v) is 25.0. The van der Waals surface area contributed by atoms with Crippen LogP contribution in [0.4, 0.5) is 0 Å². The predicted octanol–water partition coefficient (Wildman–Crippen LogP) is 4.30. The van der Waals surface area contributed by atoms with Gasteiger partial charge in [-0.1, -0.05) is 13.2 Å². The molecule has 18 nitrogen and oxygen atoms in total. The van der Waals surface area contributed by atoms with E-state index in [4.69, 9.17) is 61.8 Å². The minimum Gasteiger partial charge on any atom is -0.460 e. The Bertz CT molecular complexity index is 1290. The summed E-state index contributed by atoms with van der Waals surface area (Å²) in [6.45, 7) is 36.9. The molecule has 1 aliphatic heterocycles. The summed E-state index contributed by atoms with van der Waals surface area (Å²) in [6, 6.07) is 4.20. The van der Waals surface area contributed by atoms with Gasteiger partial charge in [-0.3, -0.25) is 4.90 Å². The van der Waals surface area contributed by atoms with Crippen molar-refractivity contribution in [2.24, 2.45) is 0 Å².